The van der Waals surface area contributed by atoms with Crippen LogP contribution in [-0.2, 0) is 0 Å². The van der Waals surface area contributed by atoms with Crippen LogP contribution in [0.4, 0.5) is 4.39 Å². The number of halogens is 2. The fraction of sp³-hybridized carbons (Fsp3) is 0.455. The Morgan fingerprint density at radius 1 is 1.60 bits per heavy atom. The molecule has 0 aliphatic heterocycles. The molecule has 0 heterocycles. The van der Waals surface area contributed by atoms with Gasteiger partial charge < -0.3 is 10.8 Å². The van der Waals surface area contributed by atoms with Gasteiger partial charge in [-0.05, 0) is 46.0 Å². The summed E-state index contributed by atoms with van der Waals surface area (Å²) < 4.78 is 13.8. The van der Waals surface area contributed by atoms with Crippen molar-refractivity contribution in [3.63, 3.8) is 0 Å². The summed E-state index contributed by atoms with van der Waals surface area (Å²) >= 11 is 3.11. The monoisotopic (exact) mass is 273 g/mol. The van der Waals surface area contributed by atoms with Crippen molar-refractivity contribution < 1.29 is 9.50 Å². The molecule has 3 N–H and O–H groups in total. The predicted molar refractivity (Wildman–Crippen MR) is 60.0 cm³/mol. The Balaban J connectivity index is 2.23. The third kappa shape index (κ3) is 1.82. The molecule has 2 unspecified atom stereocenters. The van der Waals surface area contributed by atoms with E-state index in [1.54, 1.807) is 6.07 Å². The van der Waals surface area contributed by atoms with E-state index in [0.29, 0.717) is 11.0 Å². The summed E-state index contributed by atoms with van der Waals surface area (Å²) in [4.78, 5) is 0. The Kier molecular flexibility index (Phi) is 2.83. The van der Waals surface area contributed by atoms with E-state index in [4.69, 9.17) is 5.73 Å². The molecule has 82 valence electrons. The molecule has 1 fully saturated rings. The molecule has 1 aromatic carbocycles. The van der Waals surface area contributed by atoms with Crippen LogP contribution in [0.25, 0.3) is 0 Å². The van der Waals surface area contributed by atoms with E-state index in [1.807, 2.05) is 6.07 Å². The van der Waals surface area contributed by atoms with Crippen molar-refractivity contribution in [1.29, 1.82) is 0 Å². The maximum Gasteiger partial charge on any atom is 0.137 e. The van der Waals surface area contributed by atoms with Crippen LogP contribution in [0.1, 0.15) is 17.9 Å². The summed E-state index contributed by atoms with van der Waals surface area (Å²) in [5.74, 6) is -0.0571. The summed E-state index contributed by atoms with van der Waals surface area (Å²) in [6, 6.07) is 5.09. The van der Waals surface area contributed by atoms with Crippen molar-refractivity contribution in [2.24, 2.45) is 11.1 Å². The Bertz CT molecular complexity index is 379. The molecular formula is C11H13BrFNO. The molecule has 2 rings (SSSR count). The zero-order valence-corrected chi connectivity index (χ0v) is 9.80. The second-order valence-electron chi connectivity index (χ2n) is 4.15. The van der Waals surface area contributed by atoms with Crippen LogP contribution >= 0.6 is 15.9 Å². The Morgan fingerprint density at radius 2 is 2.33 bits per heavy atom. The summed E-state index contributed by atoms with van der Waals surface area (Å²) in [7, 11) is 0. The molecular weight excluding hydrogens is 261 g/mol. The van der Waals surface area contributed by atoms with Gasteiger partial charge in [-0.15, -0.1) is 0 Å². The second kappa shape index (κ2) is 3.85. The van der Waals surface area contributed by atoms with Crippen molar-refractivity contribution in [1.82, 2.24) is 0 Å². The van der Waals surface area contributed by atoms with Gasteiger partial charge in [-0.2, -0.15) is 0 Å². The van der Waals surface area contributed by atoms with E-state index in [9.17, 15) is 9.50 Å². The van der Waals surface area contributed by atoms with Gasteiger partial charge in [0, 0.05) is 12.0 Å². The van der Waals surface area contributed by atoms with Crippen molar-refractivity contribution in [3.8, 4) is 0 Å². The SMILES string of the molecule is NCC1(CO)CC1c1ccc(Br)c(F)c1. The van der Waals surface area contributed by atoms with E-state index in [-0.39, 0.29) is 23.8 Å². The standard InChI is InChI=1S/C11H13BrFNO/c12-9-2-1-7(3-10(9)13)8-4-11(8,5-14)6-15/h1-3,8,15H,4-6,14H2. The zero-order valence-electron chi connectivity index (χ0n) is 8.21. The number of hydrogen-bond acceptors (Lipinski definition) is 2. The van der Waals surface area contributed by atoms with Crippen LogP contribution < -0.4 is 5.73 Å². The van der Waals surface area contributed by atoms with E-state index in [1.165, 1.54) is 6.07 Å². The molecule has 15 heavy (non-hydrogen) atoms. The van der Waals surface area contributed by atoms with Gasteiger partial charge in [-0.3, -0.25) is 0 Å². The number of aliphatic hydroxyl groups is 1. The molecule has 0 spiro atoms. The first-order valence-corrected chi connectivity index (χ1v) is 5.68. The van der Waals surface area contributed by atoms with Crippen LogP contribution in [0.3, 0.4) is 0 Å². The first-order valence-electron chi connectivity index (χ1n) is 4.89. The average Bonchev–Trinajstić information content (AvgIpc) is 2.97. The van der Waals surface area contributed by atoms with Crippen LogP contribution in [0.5, 0.6) is 0 Å². The zero-order chi connectivity index (χ0) is 11.1. The fourth-order valence-corrected chi connectivity index (χ4v) is 2.26. The predicted octanol–water partition coefficient (Wildman–Crippen LogP) is 2.01. The fourth-order valence-electron chi connectivity index (χ4n) is 2.01. The topological polar surface area (TPSA) is 46.2 Å². The lowest BCUT2D eigenvalue weighted by atomic mass is 10.00. The summed E-state index contributed by atoms with van der Waals surface area (Å²) in [5.41, 5.74) is 6.33. The maximum atomic E-state index is 13.3. The van der Waals surface area contributed by atoms with Gasteiger partial charge in [0.05, 0.1) is 11.1 Å². The van der Waals surface area contributed by atoms with Crippen molar-refractivity contribution in [2.75, 3.05) is 13.2 Å². The van der Waals surface area contributed by atoms with Gasteiger partial charge in [0.1, 0.15) is 5.82 Å². The molecule has 0 aromatic heterocycles. The first kappa shape index (κ1) is 11.0. The summed E-state index contributed by atoms with van der Waals surface area (Å²) in [6.45, 7) is 0.525. The first-order chi connectivity index (χ1) is 7.13. The number of nitrogens with two attached hydrogens (primary N) is 1. The highest BCUT2D eigenvalue weighted by Gasteiger charge is 2.53. The van der Waals surface area contributed by atoms with E-state index in [2.05, 4.69) is 15.9 Å². The minimum absolute atomic E-state index is 0.0752. The van der Waals surface area contributed by atoms with Crippen LogP contribution in [0, 0.1) is 11.2 Å². The summed E-state index contributed by atoms with van der Waals surface area (Å²) in [5, 5.41) is 9.23. The molecule has 1 aliphatic rings. The van der Waals surface area contributed by atoms with Gasteiger partial charge in [-0.1, -0.05) is 6.07 Å². The molecule has 1 aliphatic carbocycles. The van der Waals surface area contributed by atoms with Crippen molar-refractivity contribution in [3.05, 3.63) is 34.1 Å². The van der Waals surface area contributed by atoms with Crippen molar-refractivity contribution >= 4 is 15.9 Å². The Labute approximate surface area is 96.4 Å². The number of aliphatic hydroxyl groups excluding tert-OH is 1. The quantitative estimate of drug-likeness (QED) is 0.885. The minimum Gasteiger partial charge on any atom is -0.396 e. The van der Waals surface area contributed by atoms with Crippen molar-refractivity contribution in [2.45, 2.75) is 12.3 Å². The average molecular weight is 274 g/mol. The van der Waals surface area contributed by atoms with Crippen LogP contribution in [-0.4, -0.2) is 18.3 Å². The van der Waals surface area contributed by atoms with Gasteiger partial charge in [0.2, 0.25) is 0 Å². The molecule has 0 radical (unpaired) electrons. The van der Waals surface area contributed by atoms with Crippen LogP contribution in [0.15, 0.2) is 22.7 Å². The third-order valence-electron chi connectivity index (χ3n) is 3.26. The molecule has 2 atom stereocenters. The molecule has 0 bridgehead atoms. The van der Waals surface area contributed by atoms with Gasteiger partial charge in [0.25, 0.3) is 0 Å². The smallest absolute Gasteiger partial charge is 0.137 e. The van der Waals surface area contributed by atoms with E-state index in [0.717, 1.165) is 12.0 Å². The number of rotatable bonds is 3. The summed E-state index contributed by atoms with van der Waals surface area (Å²) in [6.07, 6.45) is 0.848. The highest BCUT2D eigenvalue weighted by Crippen LogP contribution is 2.58. The molecule has 1 saturated carbocycles. The van der Waals surface area contributed by atoms with Crippen LogP contribution in [0.2, 0.25) is 0 Å². The third-order valence-corrected chi connectivity index (χ3v) is 3.90. The largest absolute Gasteiger partial charge is 0.396 e. The minimum atomic E-state index is -0.261. The lowest BCUT2D eigenvalue weighted by Crippen LogP contribution is -2.21. The Hall–Kier alpha value is -0.450. The molecule has 2 nitrogen and oxygen atoms in total. The number of benzene rings is 1. The van der Waals surface area contributed by atoms with Gasteiger partial charge in [-0.25, -0.2) is 4.39 Å². The lowest BCUT2D eigenvalue weighted by molar-refractivity contribution is 0.211. The highest BCUT2D eigenvalue weighted by molar-refractivity contribution is 9.10. The second-order valence-corrected chi connectivity index (χ2v) is 5.01. The normalized spacial score (nSPS) is 29.2. The van der Waals surface area contributed by atoms with Gasteiger partial charge in [0.15, 0.2) is 0 Å². The molecule has 1 aromatic rings. The van der Waals surface area contributed by atoms with E-state index >= 15 is 0 Å². The molecule has 0 amide bonds. The lowest BCUT2D eigenvalue weighted by Gasteiger charge is -2.11. The Morgan fingerprint density at radius 3 is 2.80 bits per heavy atom. The highest BCUT2D eigenvalue weighted by atomic mass is 79.9. The maximum absolute atomic E-state index is 13.3. The van der Waals surface area contributed by atoms with Gasteiger partial charge >= 0.3 is 0 Å². The number of hydrogen-bond donors (Lipinski definition) is 2. The molecule has 4 heteroatoms. The van der Waals surface area contributed by atoms with E-state index < -0.39 is 0 Å². The molecule has 0 saturated heterocycles.